The second-order valence-corrected chi connectivity index (χ2v) is 8.20. The van der Waals surface area contributed by atoms with Crippen molar-refractivity contribution in [1.82, 2.24) is 25.2 Å². The van der Waals surface area contributed by atoms with Crippen LogP contribution in [0.25, 0.3) is 0 Å². The van der Waals surface area contributed by atoms with Crippen LogP contribution in [0, 0.1) is 11.3 Å². The molecule has 3 rings (SSSR count). The third-order valence-electron chi connectivity index (χ3n) is 5.34. The molecule has 2 fully saturated rings. The van der Waals surface area contributed by atoms with Crippen molar-refractivity contribution in [3.05, 3.63) is 11.9 Å². The Morgan fingerprint density at radius 1 is 1.38 bits per heavy atom. The van der Waals surface area contributed by atoms with Gasteiger partial charge in [-0.05, 0) is 31.1 Å². The van der Waals surface area contributed by atoms with Gasteiger partial charge in [0.1, 0.15) is 0 Å². The van der Waals surface area contributed by atoms with Crippen LogP contribution in [0.4, 0.5) is 0 Å². The van der Waals surface area contributed by atoms with Crippen molar-refractivity contribution in [2.75, 3.05) is 13.1 Å². The fraction of sp³-hybridized carbons (Fsp3) is 0.875. The summed E-state index contributed by atoms with van der Waals surface area (Å²) in [5.41, 5.74) is 1.63. The number of nitrogens with one attached hydrogen (secondary N) is 1. The van der Waals surface area contributed by atoms with Crippen molar-refractivity contribution in [2.45, 2.75) is 58.7 Å². The molecule has 1 aromatic heterocycles. The third-order valence-corrected chi connectivity index (χ3v) is 5.34. The first kappa shape index (κ1) is 15.0. The van der Waals surface area contributed by atoms with Gasteiger partial charge >= 0.3 is 0 Å². The van der Waals surface area contributed by atoms with Crippen LogP contribution in [0.5, 0.6) is 0 Å². The highest BCUT2D eigenvalue weighted by Gasteiger charge is 2.49. The lowest BCUT2D eigenvalue weighted by molar-refractivity contribution is 0.00332. The molecule has 1 saturated heterocycles. The van der Waals surface area contributed by atoms with Gasteiger partial charge in [0.15, 0.2) is 0 Å². The van der Waals surface area contributed by atoms with Gasteiger partial charge in [-0.25, -0.2) is 0 Å². The molecule has 1 aliphatic heterocycles. The lowest BCUT2D eigenvalue weighted by Crippen LogP contribution is -2.66. The molecule has 2 aliphatic rings. The number of rotatable bonds is 3. The molecule has 0 spiro atoms. The maximum atomic E-state index is 4.29. The topological polar surface area (TPSA) is 46.0 Å². The number of aromatic nitrogens is 3. The van der Waals surface area contributed by atoms with E-state index in [1.165, 1.54) is 12.8 Å². The molecule has 5 nitrogen and oxygen atoms in total. The van der Waals surface area contributed by atoms with Gasteiger partial charge in [-0.15, -0.1) is 5.10 Å². The van der Waals surface area contributed by atoms with Gasteiger partial charge in [0.25, 0.3) is 0 Å². The predicted molar refractivity (Wildman–Crippen MR) is 83.8 cm³/mol. The Labute approximate surface area is 128 Å². The summed E-state index contributed by atoms with van der Waals surface area (Å²) in [6.45, 7) is 12.5. The van der Waals surface area contributed by atoms with Gasteiger partial charge in [-0.2, -0.15) is 0 Å². The minimum Gasteiger partial charge on any atom is -0.310 e. The van der Waals surface area contributed by atoms with Crippen LogP contribution in [-0.2, 0) is 13.6 Å². The van der Waals surface area contributed by atoms with Crippen LogP contribution in [0.2, 0.25) is 0 Å². The summed E-state index contributed by atoms with van der Waals surface area (Å²) in [7, 11) is 1.94. The molecule has 2 unspecified atom stereocenters. The van der Waals surface area contributed by atoms with E-state index >= 15 is 0 Å². The average Bonchev–Trinajstić information content (AvgIpc) is 3.16. The molecule has 0 amide bonds. The fourth-order valence-corrected chi connectivity index (χ4v) is 3.53. The Balaban J connectivity index is 1.79. The smallest absolute Gasteiger partial charge is 0.0967 e. The summed E-state index contributed by atoms with van der Waals surface area (Å²) in [5.74, 6) is 0.836. The standard InChI is InChI=1S/C16H29N5/c1-15(2,3)14-10-21(9-13-8-20(5)19-18-13)16(4,11-17-14)12-6-7-12/h8,12,14,17H,6-7,9-11H2,1-5H3. The van der Waals surface area contributed by atoms with Crippen LogP contribution in [0.1, 0.15) is 46.2 Å². The highest BCUT2D eigenvalue weighted by Crippen LogP contribution is 2.45. The Kier molecular flexibility index (Phi) is 3.61. The lowest BCUT2D eigenvalue weighted by Gasteiger charge is -2.51. The molecule has 0 aromatic carbocycles. The monoisotopic (exact) mass is 291 g/mol. The van der Waals surface area contributed by atoms with Crippen molar-refractivity contribution in [3.8, 4) is 0 Å². The fourth-order valence-electron chi connectivity index (χ4n) is 3.53. The Morgan fingerprint density at radius 2 is 2.10 bits per heavy atom. The first-order valence-electron chi connectivity index (χ1n) is 8.13. The average molecular weight is 291 g/mol. The quantitative estimate of drug-likeness (QED) is 0.922. The zero-order chi connectivity index (χ0) is 15.3. The van der Waals surface area contributed by atoms with Crippen LogP contribution < -0.4 is 5.32 Å². The van der Waals surface area contributed by atoms with Crippen molar-refractivity contribution >= 4 is 0 Å². The van der Waals surface area contributed by atoms with Crippen LogP contribution >= 0.6 is 0 Å². The zero-order valence-corrected chi connectivity index (χ0v) is 14.1. The highest BCUT2D eigenvalue weighted by molar-refractivity contribution is 5.08. The molecule has 5 heteroatoms. The SMILES string of the molecule is Cn1cc(CN2CC(C(C)(C)C)NCC2(C)C2CC2)nn1. The van der Waals surface area contributed by atoms with Crippen molar-refractivity contribution < 1.29 is 0 Å². The summed E-state index contributed by atoms with van der Waals surface area (Å²) < 4.78 is 1.80. The molecule has 1 N–H and O–H groups in total. The number of nitrogens with zero attached hydrogens (tertiary/aromatic N) is 4. The van der Waals surface area contributed by atoms with Crippen LogP contribution in [-0.4, -0.2) is 44.6 Å². The molecule has 2 heterocycles. The van der Waals surface area contributed by atoms with Gasteiger partial charge in [-0.3, -0.25) is 9.58 Å². The van der Waals surface area contributed by atoms with Crippen molar-refractivity contribution in [2.24, 2.45) is 18.4 Å². The summed E-state index contributed by atoms with van der Waals surface area (Å²) in [5, 5.41) is 12.2. The first-order chi connectivity index (χ1) is 9.79. The Hall–Kier alpha value is -0.940. The first-order valence-corrected chi connectivity index (χ1v) is 8.13. The summed E-state index contributed by atoms with van der Waals surface area (Å²) in [4.78, 5) is 2.65. The maximum absolute atomic E-state index is 4.29. The Bertz CT molecular complexity index is 499. The zero-order valence-electron chi connectivity index (χ0n) is 14.1. The van der Waals surface area contributed by atoms with Crippen molar-refractivity contribution in [3.63, 3.8) is 0 Å². The maximum Gasteiger partial charge on any atom is 0.0967 e. The Morgan fingerprint density at radius 3 is 2.62 bits per heavy atom. The molecule has 1 aliphatic carbocycles. The number of hydrogen-bond donors (Lipinski definition) is 1. The van der Waals surface area contributed by atoms with E-state index in [0.717, 1.165) is 31.2 Å². The van der Waals surface area contributed by atoms with E-state index in [-0.39, 0.29) is 11.0 Å². The summed E-state index contributed by atoms with van der Waals surface area (Å²) in [6, 6.07) is 0.529. The van der Waals surface area contributed by atoms with Crippen LogP contribution in [0.15, 0.2) is 6.20 Å². The summed E-state index contributed by atoms with van der Waals surface area (Å²) in [6.07, 6.45) is 4.78. The number of piperazine rings is 1. The van der Waals surface area contributed by atoms with Gasteiger partial charge in [-0.1, -0.05) is 26.0 Å². The van der Waals surface area contributed by atoms with Gasteiger partial charge in [0.2, 0.25) is 0 Å². The number of aryl methyl sites for hydroxylation is 1. The van der Waals surface area contributed by atoms with E-state index in [0.29, 0.717) is 6.04 Å². The molecule has 2 atom stereocenters. The van der Waals surface area contributed by atoms with E-state index < -0.39 is 0 Å². The van der Waals surface area contributed by atoms with Crippen LogP contribution in [0.3, 0.4) is 0 Å². The van der Waals surface area contributed by atoms with Gasteiger partial charge < -0.3 is 5.32 Å². The van der Waals surface area contributed by atoms with E-state index in [4.69, 9.17) is 0 Å². The molecule has 1 saturated carbocycles. The molecule has 1 aromatic rings. The highest BCUT2D eigenvalue weighted by atomic mass is 15.4. The molecule has 118 valence electrons. The lowest BCUT2D eigenvalue weighted by atomic mass is 9.81. The number of hydrogen-bond acceptors (Lipinski definition) is 4. The predicted octanol–water partition coefficient (Wildman–Crippen LogP) is 1.80. The summed E-state index contributed by atoms with van der Waals surface area (Å²) >= 11 is 0. The minimum atomic E-state index is 0.263. The second kappa shape index (κ2) is 5.06. The minimum absolute atomic E-state index is 0.263. The normalized spacial score (nSPS) is 31.6. The largest absolute Gasteiger partial charge is 0.310 e. The van der Waals surface area contributed by atoms with E-state index in [1.807, 2.05) is 13.2 Å². The molecule has 21 heavy (non-hydrogen) atoms. The van der Waals surface area contributed by atoms with Gasteiger partial charge in [0, 0.05) is 44.5 Å². The van der Waals surface area contributed by atoms with E-state index in [2.05, 4.69) is 48.2 Å². The molecule has 0 bridgehead atoms. The molecular weight excluding hydrogens is 262 g/mol. The third kappa shape index (κ3) is 2.99. The van der Waals surface area contributed by atoms with E-state index in [9.17, 15) is 0 Å². The van der Waals surface area contributed by atoms with Gasteiger partial charge in [0.05, 0.1) is 5.69 Å². The van der Waals surface area contributed by atoms with E-state index in [1.54, 1.807) is 4.68 Å². The molecule has 0 radical (unpaired) electrons. The molecular formula is C16H29N5. The second-order valence-electron chi connectivity index (χ2n) is 8.20. The van der Waals surface area contributed by atoms with Crippen molar-refractivity contribution in [1.29, 1.82) is 0 Å².